The van der Waals surface area contributed by atoms with Crippen molar-refractivity contribution < 1.29 is 17.4 Å². The summed E-state index contributed by atoms with van der Waals surface area (Å²) in [4.78, 5) is 16.6. The number of nitrogens with zero attached hydrogens (tertiary/aromatic N) is 1. The number of benzene rings is 1. The fourth-order valence-electron chi connectivity index (χ4n) is 1.36. The van der Waals surface area contributed by atoms with Crippen molar-refractivity contribution in [1.82, 2.24) is 4.98 Å². The zero-order chi connectivity index (χ0) is 13.9. The smallest absolute Gasteiger partial charge is 0.264 e. The second-order valence-electron chi connectivity index (χ2n) is 3.79. The van der Waals surface area contributed by atoms with E-state index < -0.39 is 10.1 Å². The zero-order valence-electron chi connectivity index (χ0n) is 10.1. The second-order valence-corrected chi connectivity index (χ2v) is 6.55. The Morgan fingerprint density at radius 3 is 2.63 bits per heavy atom. The third kappa shape index (κ3) is 3.95. The molecule has 0 amide bonds. The van der Waals surface area contributed by atoms with Gasteiger partial charge in [0.05, 0.1) is 11.1 Å². The predicted molar refractivity (Wildman–Crippen MR) is 71.6 cm³/mol. The molecule has 0 saturated heterocycles. The molecular formula is C12H11NO4S2. The molecule has 0 fully saturated rings. The van der Waals surface area contributed by atoms with Crippen LogP contribution in [0.15, 0.2) is 36.5 Å². The van der Waals surface area contributed by atoms with Crippen LogP contribution in [0.25, 0.3) is 0 Å². The first-order valence-electron chi connectivity index (χ1n) is 5.34. The SMILES string of the molecule is CS(=O)(=O)OCc1cnc(C(=O)c2ccccc2)s1. The molecule has 0 aliphatic rings. The Hall–Kier alpha value is -1.57. The highest BCUT2D eigenvalue weighted by atomic mass is 32.2. The maximum Gasteiger partial charge on any atom is 0.264 e. The molecule has 0 atom stereocenters. The van der Waals surface area contributed by atoms with E-state index >= 15 is 0 Å². The maximum atomic E-state index is 12.0. The molecule has 2 rings (SSSR count). The lowest BCUT2D eigenvalue weighted by Gasteiger charge is -1.97. The van der Waals surface area contributed by atoms with Gasteiger partial charge in [0.1, 0.15) is 6.61 Å². The summed E-state index contributed by atoms with van der Waals surface area (Å²) < 4.78 is 26.4. The number of carbonyl (C=O) groups is 1. The van der Waals surface area contributed by atoms with Gasteiger partial charge in [0.25, 0.3) is 10.1 Å². The van der Waals surface area contributed by atoms with Crippen LogP contribution in [0.1, 0.15) is 20.2 Å². The van der Waals surface area contributed by atoms with Gasteiger partial charge in [-0.25, -0.2) is 4.98 Å². The van der Waals surface area contributed by atoms with Crippen molar-refractivity contribution in [2.75, 3.05) is 6.26 Å². The minimum Gasteiger partial charge on any atom is -0.286 e. The normalized spacial score (nSPS) is 11.4. The molecule has 1 heterocycles. The fourth-order valence-corrected chi connectivity index (χ4v) is 2.56. The van der Waals surface area contributed by atoms with Gasteiger partial charge in [-0.15, -0.1) is 11.3 Å². The van der Waals surface area contributed by atoms with E-state index in [4.69, 9.17) is 0 Å². The molecule has 100 valence electrons. The Balaban J connectivity index is 2.11. The van der Waals surface area contributed by atoms with Crippen LogP contribution in [-0.4, -0.2) is 25.4 Å². The predicted octanol–water partition coefficient (Wildman–Crippen LogP) is 1.85. The van der Waals surface area contributed by atoms with Crippen LogP contribution in [0.4, 0.5) is 0 Å². The highest BCUT2D eigenvalue weighted by molar-refractivity contribution is 7.85. The molecule has 0 radical (unpaired) electrons. The molecule has 2 aromatic rings. The molecule has 0 spiro atoms. The van der Waals surface area contributed by atoms with Crippen LogP contribution in [0.5, 0.6) is 0 Å². The Labute approximate surface area is 115 Å². The molecule has 5 nitrogen and oxygen atoms in total. The van der Waals surface area contributed by atoms with Gasteiger partial charge in [0, 0.05) is 11.8 Å². The number of carbonyl (C=O) groups excluding carboxylic acids is 1. The van der Waals surface area contributed by atoms with Crippen molar-refractivity contribution in [2.24, 2.45) is 0 Å². The topological polar surface area (TPSA) is 73.3 Å². The Morgan fingerprint density at radius 2 is 2.00 bits per heavy atom. The van der Waals surface area contributed by atoms with Crippen LogP contribution in [0.2, 0.25) is 0 Å². The van der Waals surface area contributed by atoms with E-state index in [0.29, 0.717) is 15.4 Å². The highest BCUT2D eigenvalue weighted by Crippen LogP contribution is 2.18. The first kappa shape index (κ1) is 13.9. The van der Waals surface area contributed by atoms with E-state index in [1.54, 1.807) is 24.3 Å². The van der Waals surface area contributed by atoms with Gasteiger partial charge in [0.15, 0.2) is 5.01 Å². The Kier molecular flexibility index (Phi) is 4.08. The number of aromatic nitrogens is 1. The average Bonchev–Trinajstić information content (AvgIpc) is 2.84. The molecule has 7 heteroatoms. The summed E-state index contributed by atoms with van der Waals surface area (Å²) in [5, 5.41) is 0.318. The van der Waals surface area contributed by atoms with Crippen LogP contribution >= 0.6 is 11.3 Å². The molecular weight excluding hydrogens is 286 g/mol. The molecule has 0 N–H and O–H groups in total. The van der Waals surface area contributed by atoms with Crippen molar-refractivity contribution in [3.63, 3.8) is 0 Å². The van der Waals surface area contributed by atoms with E-state index in [1.165, 1.54) is 6.20 Å². The standard InChI is InChI=1S/C12H11NO4S2/c1-19(15,16)17-8-10-7-13-12(18-10)11(14)9-5-3-2-4-6-9/h2-7H,8H2,1H3. The van der Waals surface area contributed by atoms with Crippen molar-refractivity contribution >= 4 is 27.2 Å². The largest absolute Gasteiger partial charge is 0.286 e. The van der Waals surface area contributed by atoms with Crippen LogP contribution in [-0.2, 0) is 20.9 Å². The molecule has 19 heavy (non-hydrogen) atoms. The van der Waals surface area contributed by atoms with Gasteiger partial charge < -0.3 is 0 Å². The number of ketones is 1. The van der Waals surface area contributed by atoms with Crippen molar-refractivity contribution in [3.05, 3.63) is 52.0 Å². The molecule has 1 aromatic heterocycles. The van der Waals surface area contributed by atoms with E-state index in [1.807, 2.05) is 6.07 Å². The molecule has 0 aliphatic carbocycles. The van der Waals surface area contributed by atoms with Gasteiger partial charge in [-0.1, -0.05) is 30.3 Å². The maximum absolute atomic E-state index is 12.0. The van der Waals surface area contributed by atoms with Gasteiger partial charge in [-0.05, 0) is 0 Å². The van der Waals surface area contributed by atoms with Crippen LogP contribution in [0.3, 0.4) is 0 Å². The number of hydrogen-bond donors (Lipinski definition) is 0. The lowest BCUT2D eigenvalue weighted by molar-refractivity contribution is 0.103. The number of hydrogen-bond acceptors (Lipinski definition) is 6. The van der Waals surface area contributed by atoms with E-state index in [2.05, 4.69) is 9.17 Å². The second kappa shape index (κ2) is 5.60. The van der Waals surface area contributed by atoms with E-state index in [0.717, 1.165) is 17.6 Å². The summed E-state index contributed by atoms with van der Waals surface area (Å²) in [5.74, 6) is -0.184. The average molecular weight is 297 g/mol. The van der Waals surface area contributed by atoms with Crippen molar-refractivity contribution in [1.29, 1.82) is 0 Å². The third-order valence-electron chi connectivity index (χ3n) is 2.20. The first-order chi connectivity index (χ1) is 8.96. The lowest BCUT2D eigenvalue weighted by atomic mass is 10.1. The minimum atomic E-state index is -3.49. The van der Waals surface area contributed by atoms with Gasteiger partial charge in [-0.3, -0.25) is 8.98 Å². The number of rotatable bonds is 5. The fraction of sp³-hybridized carbons (Fsp3) is 0.167. The molecule has 0 unspecified atom stereocenters. The summed E-state index contributed by atoms with van der Waals surface area (Å²) in [6, 6.07) is 8.78. The molecule has 0 aliphatic heterocycles. The van der Waals surface area contributed by atoms with Gasteiger partial charge in [0.2, 0.25) is 5.78 Å². The van der Waals surface area contributed by atoms with Crippen molar-refractivity contribution in [3.8, 4) is 0 Å². The van der Waals surface area contributed by atoms with Gasteiger partial charge in [-0.2, -0.15) is 8.42 Å². The monoisotopic (exact) mass is 297 g/mol. The molecule has 0 bridgehead atoms. The summed E-state index contributed by atoms with van der Waals surface area (Å²) in [6.07, 6.45) is 2.43. The van der Waals surface area contributed by atoms with Gasteiger partial charge >= 0.3 is 0 Å². The van der Waals surface area contributed by atoms with Crippen molar-refractivity contribution in [2.45, 2.75) is 6.61 Å². The summed E-state index contributed by atoms with van der Waals surface area (Å²) in [7, 11) is -3.49. The molecule has 1 aromatic carbocycles. The quantitative estimate of drug-likeness (QED) is 0.622. The first-order valence-corrected chi connectivity index (χ1v) is 7.98. The summed E-state index contributed by atoms with van der Waals surface area (Å²) in [6.45, 7) is -0.0986. The highest BCUT2D eigenvalue weighted by Gasteiger charge is 2.14. The lowest BCUT2D eigenvalue weighted by Crippen LogP contribution is -2.01. The van der Waals surface area contributed by atoms with Crippen LogP contribution in [0, 0.1) is 0 Å². The summed E-state index contributed by atoms with van der Waals surface area (Å²) in [5.41, 5.74) is 0.549. The zero-order valence-corrected chi connectivity index (χ0v) is 11.7. The Morgan fingerprint density at radius 1 is 1.32 bits per heavy atom. The number of thiazole rings is 1. The van der Waals surface area contributed by atoms with E-state index in [9.17, 15) is 13.2 Å². The summed E-state index contributed by atoms with van der Waals surface area (Å²) >= 11 is 1.13. The molecule has 0 saturated carbocycles. The third-order valence-corrected chi connectivity index (χ3v) is 3.71. The van der Waals surface area contributed by atoms with E-state index in [-0.39, 0.29) is 12.4 Å². The minimum absolute atomic E-state index is 0.0986. The van der Waals surface area contributed by atoms with Crippen LogP contribution < -0.4 is 0 Å². The Bertz CT molecular complexity index is 677.